The molecular formula is C16H11IN2O2. The number of halogens is 1. The van der Waals surface area contributed by atoms with Gasteiger partial charge in [0.25, 0.3) is 0 Å². The quantitative estimate of drug-likeness (QED) is 0.449. The number of aryl methyl sites for hydroxylation is 1. The molecule has 1 aliphatic rings. The molecule has 0 bridgehead atoms. The molecule has 0 fully saturated rings. The predicted molar refractivity (Wildman–Crippen MR) is 88.7 cm³/mol. The lowest BCUT2D eigenvalue weighted by molar-refractivity contribution is -0.129. The van der Waals surface area contributed by atoms with Crippen molar-refractivity contribution in [3.63, 3.8) is 0 Å². The molecule has 2 heterocycles. The number of rotatable bonds is 2. The van der Waals surface area contributed by atoms with Gasteiger partial charge in [-0.05, 0) is 71.0 Å². The summed E-state index contributed by atoms with van der Waals surface area (Å²) in [4.78, 5) is 20.2. The van der Waals surface area contributed by atoms with Gasteiger partial charge < -0.3 is 4.74 Å². The molecule has 2 aromatic rings. The van der Waals surface area contributed by atoms with Crippen molar-refractivity contribution in [1.82, 2.24) is 4.98 Å². The number of benzene rings is 1. The Balaban J connectivity index is 1.95. The summed E-state index contributed by atoms with van der Waals surface area (Å²) >= 11 is 2.26. The smallest absolute Gasteiger partial charge is 0.363 e. The highest BCUT2D eigenvalue weighted by atomic mass is 127. The van der Waals surface area contributed by atoms with Crippen LogP contribution in [0.15, 0.2) is 53.4 Å². The van der Waals surface area contributed by atoms with Gasteiger partial charge in [0.15, 0.2) is 5.70 Å². The second kappa shape index (κ2) is 5.77. The highest BCUT2D eigenvalue weighted by Crippen LogP contribution is 2.21. The minimum atomic E-state index is -0.440. The summed E-state index contributed by atoms with van der Waals surface area (Å²) in [5.74, 6) is -0.0975. The van der Waals surface area contributed by atoms with Gasteiger partial charge in [-0.1, -0.05) is 6.07 Å². The van der Waals surface area contributed by atoms with Crippen molar-refractivity contribution in [2.45, 2.75) is 6.92 Å². The molecule has 0 unspecified atom stereocenters. The molecule has 1 aliphatic heterocycles. The van der Waals surface area contributed by atoms with E-state index in [1.807, 2.05) is 31.2 Å². The van der Waals surface area contributed by atoms with Crippen LogP contribution in [0.5, 0.6) is 0 Å². The molecule has 5 heteroatoms. The Kier molecular flexibility index (Phi) is 3.83. The molecule has 0 aliphatic carbocycles. The summed E-state index contributed by atoms with van der Waals surface area (Å²) in [5.41, 5.74) is 3.02. The van der Waals surface area contributed by atoms with Crippen LogP contribution in [0.4, 0.5) is 0 Å². The third-order valence-electron chi connectivity index (χ3n) is 3.01. The lowest BCUT2D eigenvalue weighted by atomic mass is 10.1. The molecule has 0 spiro atoms. The van der Waals surface area contributed by atoms with Crippen LogP contribution in [0, 0.1) is 10.5 Å². The first kappa shape index (κ1) is 13.9. The van der Waals surface area contributed by atoms with E-state index >= 15 is 0 Å². The molecule has 0 saturated heterocycles. The zero-order valence-electron chi connectivity index (χ0n) is 11.2. The van der Waals surface area contributed by atoms with Crippen molar-refractivity contribution < 1.29 is 9.53 Å². The van der Waals surface area contributed by atoms with Crippen molar-refractivity contribution in [2.75, 3.05) is 0 Å². The molecule has 0 atom stereocenters. The van der Waals surface area contributed by atoms with E-state index in [2.05, 4.69) is 32.6 Å². The van der Waals surface area contributed by atoms with E-state index in [1.165, 1.54) is 0 Å². The second-order valence-corrected chi connectivity index (χ2v) is 5.75. The topological polar surface area (TPSA) is 51.5 Å². The van der Waals surface area contributed by atoms with Crippen LogP contribution in [0.1, 0.15) is 16.7 Å². The summed E-state index contributed by atoms with van der Waals surface area (Å²) < 4.78 is 6.41. The number of cyclic esters (lactones) is 1. The van der Waals surface area contributed by atoms with Gasteiger partial charge >= 0.3 is 5.97 Å². The van der Waals surface area contributed by atoms with Gasteiger partial charge in [0, 0.05) is 21.5 Å². The minimum Gasteiger partial charge on any atom is -0.402 e. The lowest BCUT2D eigenvalue weighted by Gasteiger charge is -2.02. The first-order valence-corrected chi connectivity index (χ1v) is 7.40. The Bertz CT molecular complexity index is 767. The summed E-state index contributed by atoms with van der Waals surface area (Å²) in [5, 5.41) is 0. The van der Waals surface area contributed by atoms with Crippen molar-refractivity contribution in [3.05, 3.63) is 68.7 Å². The first-order chi connectivity index (χ1) is 10.1. The van der Waals surface area contributed by atoms with Crippen molar-refractivity contribution in [2.24, 2.45) is 4.99 Å². The van der Waals surface area contributed by atoms with Crippen LogP contribution in [-0.4, -0.2) is 16.9 Å². The highest BCUT2D eigenvalue weighted by Gasteiger charge is 2.24. The Labute approximate surface area is 135 Å². The SMILES string of the molecule is Cc1cc(C2=N/C(=C\c3cccnc3)C(=O)O2)ccc1I. The number of carbonyl (C=O) groups excluding carboxylic acids is 1. The molecule has 0 radical (unpaired) electrons. The molecule has 0 saturated carbocycles. The molecule has 4 nitrogen and oxygen atoms in total. The average molecular weight is 390 g/mol. The number of nitrogens with zero attached hydrogens (tertiary/aromatic N) is 2. The number of aliphatic imine (C=N–C) groups is 1. The van der Waals surface area contributed by atoms with Gasteiger partial charge in [-0.25, -0.2) is 9.79 Å². The maximum atomic E-state index is 11.9. The minimum absolute atomic E-state index is 0.286. The van der Waals surface area contributed by atoms with Gasteiger partial charge in [-0.2, -0.15) is 0 Å². The van der Waals surface area contributed by atoms with Gasteiger partial charge in [0.05, 0.1) is 0 Å². The van der Waals surface area contributed by atoms with Crippen molar-refractivity contribution >= 4 is 40.5 Å². The van der Waals surface area contributed by atoms with Gasteiger partial charge in [-0.15, -0.1) is 0 Å². The van der Waals surface area contributed by atoms with Crippen molar-refractivity contribution in [3.8, 4) is 0 Å². The fourth-order valence-electron chi connectivity index (χ4n) is 1.93. The van der Waals surface area contributed by atoms with Crippen LogP contribution in [0.2, 0.25) is 0 Å². The van der Waals surface area contributed by atoms with E-state index in [0.29, 0.717) is 5.90 Å². The lowest BCUT2D eigenvalue weighted by Crippen LogP contribution is -2.05. The number of ether oxygens (including phenoxy) is 1. The van der Waals surface area contributed by atoms with E-state index in [0.717, 1.165) is 20.3 Å². The number of aromatic nitrogens is 1. The van der Waals surface area contributed by atoms with E-state index in [-0.39, 0.29) is 5.70 Å². The maximum absolute atomic E-state index is 11.9. The van der Waals surface area contributed by atoms with Crippen LogP contribution in [-0.2, 0) is 9.53 Å². The number of hydrogen-bond donors (Lipinski definition) is 0. The number of hydrogen-bond acceptors (Lipinski definition) is 4. The Morgan fingerprint density at radius 2 is 2.14 bits per heavy atom. The molecule has 3 rings (SSSR count). The van der Waals surface area contributed by atoms with Crippen molar-refractivity contribution in [1.29, 1.82) is 0 Å². The second-order valence-electron chi connectivity index (χ2n) is 4.59. The normalized spacial score (nSPS) is 16.0. The molecule has 1 aromatic carbocycles. The van der Waals surface area contributed by atoms with E-state index in [9.17, 15) is 4.79 Å². The standard InChI is InChI=1S/C16H11IN2O2/c1-10-7-12(4-5-13(10)17)15-19-14(16(20)21-15)8-11-3-2-6-18-9-11/h2-9H,1H3/b14-8-. The third-order valence-corrected chi connectivity index (χ3v) is 4.22. The molecule has 104 valence electrons. The van der Waals surface area contributed by atoms with Crippen LogP contribution in [0.25, 0.3) is 6.08 Å². The zero-order chi connectivity index (χ0) is 14.8. The Morgan fingerprint density at radius 1 is 1.29 bits per heavy atom. The van der Waals surface area contributed by atoms with E-state index in [4.69, 9.17) is 4.74 Å². The summed E-state index contributed by atoms with van der Waals surface area (Å²) in [6.07, 6.45) is 5.02. The monoisotopic (exact) mass is 390 g/mol. The van der Waals surface area contributed by atoms with Gasteiger partial charge in [-0.3, -0.25) is 4.98 Å². The summed E-state index contributed by atoms with van der Waals surface area (Å²) in [7, 11) is 0. The number of pyridine rings is 1. The maximum Gasteiger partial charge on any atom is 0.363 e. The fraction of sp³-hybridized carbons (Fsp3) is 0.0625. The van der Waals surface area contributed by atoms with Crippen LogP contribution < -0.4 is 0 Å². The molecule has 0 N–H and O–H groups in total. The summed E-state index contributed by atoms with van der Waals surface area (Å²) in [6, 6.07) is 9.49. The molecule has 1 aromatic heterocycles. The predicted octanol–water partition coefficient (Wildman–Crippen LogP) is 3.34. The molecular weight excluding hydrogens is 379 g/mol. The molecule has 21 heavy (non-hydrogen) atoms. The number of esters is 1. The zero-order valence-corrected chi connectivity index (χ0v) is 13.4. The molecule has 0 amide bonds. The van der Waals surface area contributed by atoms with Crippen LogP contribution in [0.3, 0.4) is 0 Å². The van der Waals surface area contributed by atoms with Gasteiger partial charge in [0.2, 0.25) is 5.90 Å². The fourth-order valence-corrected chi connectivity index (χ4v) is 2.27. The number of carbonyl (C=O) groups is 1. The third kappa shape index (κ3) is 3.02. The average Bonchev–Trinajstić information content (AvgIpc) is 2.84. The Morgan fingerprint density at radius 3 is 2.86 bits per heavy atom. The summed E-state index contributed by atoms with van der Waals surface area (Å²) in [6.45, 7) is 2.01. The largest absolute Gasteiger partial charge is 0.402 e. The van der Waals surface area contributed by atoms with E-state index in [1.54, 1.807) is 24.5 Å². The van der Waals surface area contributed by atoms with Gasteiger partial charge in [0.1, 0.15) is 0 Å². The first-order valence-electron chi connectivity index (χ1n) is 6.32. The highest BCUT2D eigenvalue weighted by molar-refractivity contribution is 14.1. The van der Waals surface area contributed by atoms with Crippen LogP contribution >= 0.6 is 22.6 Å². The van der Waals surface area contributed by atoms with E-state index < -0.39 is 5.97 Å². The Hall–Kier alpha value is -2.02.